The second-order valence-corrected chi connectivity index (χ2v) is 10.7. The Labute approximate surface area is 216 Å². The van der Waals surface area contributed by atoms with Crippen LogP contribution in [0.4, 0.5) is 4.39 Å². The molecule has 1 amide bonds. The van der Waals surface area contributed by atoms with Gasteiger partial charge in [-0.05, 0) is 55.4 Å². The minimum Gasteiger partial charge on any atom is -0.458 e. The van der Waals surface area contributed by atoms with E-state index in [0.29, 0.717) is 48.3 Å². The number of aromatic nitrogens is 2. The lowest BCUT2D eigenvalue weighted by Gasteiger charge is -2.35. The number of hydrogen-bond acceptors (Lipinski definition) is 7. The van der Waals surface area contributed by atoms with Gasteiger partial charge in [0, 0.05) is 29.1 Å². The van der Waals surface area contributed by atoms with Crippen molar-refractivity contribution in [1.29, 1.82) is 0 Å². The van der Waals surface area contributed by atoms with Crippen LogP contribution in [0.2, 0.25) is 0 Å². The van der Waals surface area contributed by atoms with Gasteiger partial charge in [0.25, 0.3) is 11.5 Å². The maximum atomic E-state index is 15.0. The molecule has 3 atom stereocenters. The molecular formula is C28H26FN3O6. The summed E-state index contributed by atoms with van der Waals surface area (Å²) in [6.07, 6.45) is 0.438. The number of carbonyl (C=O) groups excluding carboxylic acids is 2. The highest BCUT2D eigenvalue weighted by Gasteiger charge is 2.46. The summed E-state index contributed by atoms with van der Waals surface area (Å²) in [4.78, 5) is 45.6. The summed E-state index contributed by atoms with van der Waals surface area (Å²) in [5.74, 6) is -1.51. The van der Waals surface area contributed by atoms with Crippen molar-refractivity contribution in [2.24, 2.45) is 0 Å². The monoisotopic (exact) mass is 519 g/mol. The number of aliphatic hydroxyl groups excluding tert-OH is 1. The van der Waals surface area contributed by atoms with E-state index >= 15 is 4.39 Å². The Morgan fingerprint density at radius 3 is 2.68 bits per heavy atom. The zero-order chi connectivity index (χ0) is 26.7. The molecule has 196 valence electrons. The highest BCUT2D eigenvalue weighted by Crippen LogP contribution is 2.48. The Morgan fingerprint density at radius 2 is 1.97 bits per heavy atom. The molecule has 5 heterocycles. The van der Waals surface area contributed by atoms with Crippen molar-refractivity contribution in [2.75, 3.05) is 6.54 Å². The van der Waals surface area contributed by atoms with Gasteiger partial charge in [-0.2, -0.15) is 0 Å². The van der Waals surface area contributed by atoms with Crippen LogP contribution < -0.4 is 5.56 Å². The second-order valence-electron chi connectivity index (χ2n) is 10.7. The van der Waals surface area contributed by atoms with E-state index in [1.807, 2.05) is 0 Å². The largest absolute Gasteiger partial charge is 0.458 e. The number of aryl methyl sites for hydroxylation is 1. The van der Waals surface area contributed by atoms with Crippen LogP contribution in [0.15, 0.2) is 16.9 Å². The van der Waals surface area contributed by atoms with Crippen molar-refractivity contribution in [2.45, 2.75) is 70.4 Å². The normalized spacial score (nSPS) is 25.4. The smallest absolute Gasteiger partial charge is 0.343 e. The van der Waals surface area contributed by atoms with Crippen molar-refractivity contribution < 1.29 is 28.9 Å². The summed E-state index contributed by atoms with van der Waals surface area (Å²) in [6.45, 7) is 3.74. The number of benzene rings is 1. The van der Waals surface area contributed by atoms with E-state index in [9.17, 15) is 24.6 Å². The van der Waals surface area contributed by atoms with Crippen molar-refractivity contribution in [3.8, 4) is 11.4 Å². The van der Waals surface area contributed by atoms with Crippen molar-refractivity contribution in [3.05, 3.63) is 61.7 Å². The van der Waals surface area contributed by atoms with Crippen LogP contribution >= 0.6 is 0 Å². The van der Waals surface area contributed by atoms with Gasteiger partial charge in [-0.25, -0.2) is 14.2 Å². The highest BCUT2D eigenvalue weighted by atomic mass is 19.1. The summed E-state index contributed by atoms with van der Waals surface area (Å²) < 4.78 is 21.7. The van der Waals surface area contributed by atoms with E-state index < -0.39 is 17.7 Å². The molecule has 1 aliphatic carbocycles. The van der Waals surface area contributed by atoms with E-state index in [1.54, 1.807) is 29.4 Å². The average molecular weight is 520 g/mol. The molecule has 0 spiro atoms. The van der Waals surface area contributed by atoms with Crippen molar-refractivity contribution in [1.82, 2.24) is 14.5 Å². The lowest BCUT2D eigenvalue weighted by Crippen LogP contribution is -2.44. The molecule has 1 saturated heterocycles. The highest BCUT2D eigenvalue weighted by molar-refractivity contribution is 5.94. The molecule has 9 nitrogen and oxygen atoms in total. The maximum Gasteiger partial charge on any atom is 0.343 e. The van der Waals surface area contributed by atoms with E-state index in [1.165, 1.54) is 6.07 Å². The number of nitrogens with zero attached hydrogens (tertiary/aromatic N) is 3. The first-order valence-electron chi connectivity index (χ1n) is 13.0. The van der Waals surface area contributed by atoms with Gasteiger partial charge in [0.05, 0.1) is 35.1 Å². The third-order valence-electron chi connectivity index (χ3n) is 8.94. The number of likely N-dealkylation sites (tertiary alicyclic amines) is 1. The van der Waals surface area contributed by atoms with Crippen LogP contribution in [0.3, 0.4) is 0 Å². The second kappa shape index (κ2) is 7.70. The summed E-state index contributed by atoms with van der Waals surface area (Å²) in [5, 5.41) is 22.2. The number of fused-ring (bicyclic) bond motifs is 5. The van der Waals surface area contributed by atoms with Gasteiger partial charge in [-0.15, -0.1) is 0 Å². The maximum absolute atomic E-state index is 15.0. The first-order chi connectivity index (χ1) is 18.2. The minimum atomic E-state index is -1.95. The quantitative estimate of drug-likeness (QED) is 0.389. The number of aliphatic hydroxyl groups is 2. The molecular weight excluding hydrogens is 493 g/mol. The number of ether oxygens (including phenoxy) is 1. The Morgan fingerprint density at radius 1 is 1.18 bits per heavy atom. The van der Waals surface area contributed by atoms with Gasteiger partial charge in [-0.3, -0.25) is 9.59 Å². The zero-order valence-electron chi connectivity index (χ0n) is 21.0. The van der Waals surface area contributed by atoms with Crippen LogP contribution in [0.25, 0.3) is 22.3 Å². The molecule has 0 unspecified atom stereocenters. The van der Waals surface area contributed by atoms with Crippen LogP contribution in [-0.2, 0) is 39.5 Å². The van der Waals surface area contributed by atoms with E-state index in [-0.39, 0.29) is 54.0 Å². The van der Waals surface area contributed by atoms with Crippen molar-refractivity contribution in [3.63, 3.8) is 0 Å². The Bertz CT molecular complexity index is 1680. The van der Waals surface area contributed by atoms with Gasteiger partial charge >= 0.3 is 5.97 Å². The molecule has 0 saturated carbocycles. The number of pyridine rings is 2. The fraction of sp³-hybridized carbons (Fsp3) is 0.429. The molecule has 0 radical (unpaired) electrons. The summed E-state index contributed by atoms with van der Waals surface area (Å²) >= 11 is 0. The molecule has 38 heavy (non-hydrogen) atoms. The van der Waals surface area contributed by atoms with Crippen LogP contribution in [0.1, 0.15) is 65.6 Å². The molecule has 4 aliphatic rings. The minimum absolute atomic E-state index is 0.0281. The molecule has 10 heteroatoms. The number of esters is 1. The van der Waals surface area contributed by atoms with Crippen LogP contribution in [-0.4, -0.2) is 49.2 Å². The molecule has 2 aromatic heterocycles. The van der Waals surface area contributed by atoms with Gasteiger partial charge < -0.3 is 24.4 Å². The van der Waals surface area contributed by atoms with Crippen molar-refractivity contribution >= 4 is 22.8 Å². The number of hydrogen-bond donors (Lipinski definition) is 2. The molecule has 2 N–H and O–H groups in total. The van der Waals surface area contributed by atoms with Gasteiger partial charge in [-0.1, -0.05) is 6.92 Å². The summed E-state index contributed by atoms with van der Waals surface area (Å²) in [6, 6.07) is 2.67. The van der Waals surface area contributed by atoms with E-state index in [0.717, 1.165) is 22.1 Å². The predicted molar refractivity (Wildman–Crippen MR) is 133 cm³/mol. The molecule has 1 fully saturated rings. The Hall–Kier alpha value is -3.63. The van der Waals surface area contributed by atoms with E-state index in [2.05, 4.69) is 0 Å². The lowest BCUT2D eigenvalue weighted by atomic mass is 9.81. The summed E-state index contributed by atoms with van der Waals surface area (Å²) in [7, 11) is 0. The first kappa shape index (κ1) is 23.5. The first-order valence-corrected chi connectivity index (χ1v) is 13.0. The Kier molecular flexibility index (Phi) is 4.76. The Balaban J connectivity index is 1.53. The number of halogens is 1. The zero-order valence-corrected chi connectivity index (χ0v) is 21.0. The fourth-order valence-electron chi connectivity index (χ4n) is 6.84. The number of amides is 1. The third-order valence-corrected chi connectivity index (χ3v) is 8.94. The molecule has 3 aromatic rings. The van der Waals surface area contributed by atoms with Crippen LogP contribution in [0, 0.1) is 12.7 Å². The van der Waals surface area contributed by atoms with E-state index in [4.69, 9.17) is 9.72 Å². The standard InChI is InChI=1S/C28H26FN3O6/c1-3-28(37)16-8-20-24-14(10-32(20)25(34)15(16)11-38-27(28)36)23-19(31-7-6-21(33)26(31)35)5-4-13-12(2)17(29)9-18(30-24)22(13)23/h8-9,19,21,33,37H,3-7,10-11H2,1-2H3/t19-,21-,28-/m0/s1. The predicted octanol–water partition coefficient (Wildman–Crippen LogP) is 2.11. The summed E-state index contributed by atoms with van der Waals surface area (Å²) in [5.41, 5.74) is 2.41. The van der Waals surface area contributed by atoms with Gasteiger partial charge in [0.15, 0.2) is 5.60 Å². The lowest BCUT2D eigenvalue weighted by molar-refractivity contribution is -0.172. The number of carbonyl (C=O) groups is 2. The van der Waals surface area contributed by atoms with Crippen LogP contribution in [0.5, 0.6) is 0 Å². The molecule has 0 bridgehead atoms. The fourth-order valence-corrected chi connectivity index (χ4v) is 6.84. The molecule has 1 aromatic carbocycles. The van der Waals surface area contributed by atoms with Gasteiger partial charge in [0.1, 0.15) is 18.5 Å². The number of rotatable bonds is 2. The number of cyclic esters (lactones) is 1. The SMILES string of the molecule is CC[C@@]1(O)C(=O)OCc2c1cc1n(c2=O)Cc2c-1nc1cc(F)c(C)c3c1c2[C@@H](N1CC[C@H](O)C1=O)CC3. The topological polar surface area (TPSA) is 122 Å². The molecule has 3 aliphatic heterocycles. The third kappa shape index (κ3) is 2.82. The average Bonchev–Trinajstić information content (AvgIpc) is 3.44. The molecule has 7 rings (SSSR count). The van der Waals surface area contributed by atoms with Gasteiger partial charge in [0.2, 0.25) is 0 Å².